The molecule has 0 aliphatic heterocycles. The van der Waals surface area contributed by atoms with E-state index in [4.69, 9.17) is 4.74 Å². The van der Waals surface area contributed by atoms with Crippen LogP contribution < -0.4 is 5.32 Å². The molecule has 0 saturated heterocycles. The third kappa shape index (κ3) is 2.54. The Kier molecular flexibility index (Phi) is 3.71. The molecule has 1 heterocycles. The van der Waals surface area contributed by atoms with E-state index < -0.39 is 17.6 Å². The van der Waals surface area contributed by atoms with Crippen molar-refractivity contribution >= 4 is 5.82 Å². The number of pyridine rings is 1. The van der Waals surface area contributed by atoms with Gasteiger partial charge in [0.25, 0.3) is 5.95 Å². The van der Waals surface area contributed by atoms with Gasteiger partial charge < -0.3 is 10.1 Å². The fourth-order valence-corrected chi connectivity index (χ4v) is 2.32. The Balaban J connectivity index is 2.09. The van der Waals surface area contributed by atoms with Crippen LogP contribution in [-0.2, 0) is 4.74 Å². The van der Waals surface area contributed by atoms with E-state index in [-0.39, 0.29) is 23.4 Å². The molecular weight excluding hydrogens is 257 g/mol. The minimum Gasteiger partial charge on any atom is -0.378 e. The Hall–Kier alpha value is -1.30. The highest BCUT2D eigenvalue weighted by molar-refractivity contribution is 5.39. The number of hydrogen-bond acceptors (Lipinski definition) is 3. The minimum absolute atomic E-state index is 0.0726. The summed E-state index contributed by atoms with van der Waals surface area (Å²) >= 11 is 0. The van der Waals surface area contributed by atoms with Crippen molar-refractivity contribution in [3.63, 3.8) is 0 Å². The zero-order chi connectivity index (χ0) is 14.2. The predicted octanol–water partition coefficient (Wildman–Crippen LogP) is 3.11. The van der Waals surface area contributed by atoms with Crippen LogP contribution in [0.3, 0.4) is 0 Å². The maximum absolute atomic E-state index is 13.5. The number of ether oxygens (including phenoxy) is 1. The van der Waals surface area contributed by atoms with Gasteiger partial charge in [-0.1, -0.05) is 13.8 Å². The Morgan fingerprint density at radius 3 is 2.63 bits per heavy atom. The minimum atomic E-state index is -1.30. The Bertz CT molecular complexity index is 479. The Morgan fingerprint density at radius 2 is 2.05 bits per heavy atom. The van der Waals surface area contributed by atoms with Crippen LogP contribution >= 0.6 is 0 Å². The van der Waals surface area contributed by atoms with E-state index in [0.717, 1.165) is 0 Å². The van der Waals surface area contributed by atoms with E-state index in [0.29, 0.717) is 19.1 Å². The summed E-state index contributed by atoms with van der Waals surface area (Å²) in [5.41, 5.74) is -0.213. The number of rotatable bonds is 4. The molecule has 6 heteroatoms. The molecule has 19 heavy (non-hydrogen) atoms. The largest absolute Gasteiger partial charge is 0.378 e. The van der Waals surface area contributed by atoms with Crippen molar-refractivity contribution in [3.8, 4) is 0 Å². The number of halogens is 3. The van der Waals surface area contributed by atoms with Crippen LogP contribution in [-0.4, -0.2) is 23.7 Å². The number of anilines is 1. The lowest BCUT2D eigenvalue weighted by Gasteiger charge is -2.51. The number of nitrogens with one attached hydrogen (secondary N) is 1. The molecule has 1 N–H and O–H groups in total. The van der Waals surface area contributed by atoms with Gasteiger partial charge in [0.1, 0.15) is 0 Å². The molecule has 1 saturated carbocycles. The summed E-state index contributed by atoms with van der Waals surface area (Å²) in [5, 5.41) is 2.82. The van der Waals surface area contributed by atoms with Gasteiger partial charge in [-0.05, 0) is 13.3 Å². The molecule has 0 radical (unpaired) electrons. The Morgan fingerprint density at radius 1 is 1.37 bits per heavy atom. The normalized spacial score (nSPS) is 24.9. The van der Waals surface area contributed by atoms with E-state index in [1.165, 1.54) is 0 Å². The van der Waals surface area contributed by atoms with Crippen molar-refractivity contribution in [2.75, 3.05) is 11.9 Å². The average molecular weight is 274 g/mol. The summed E-state index contributed by atoms with van der Waals surface area (Å²) in [4.78, 5) is 3.26. The average Bonchev–Trinajstić information content (AvgIpc) is 2.34. The van der Waals surface area contributed by atoms with Crippen molar-refractivity contribution in [2.24, 2.45) is 5.41 Å². The van der Waals surface area contributed by atoms with Crippen LogP contribution in [0.5, 0.6) is 0 Å². The lowest BCUT2D eigenvalue weighted by molar-refractivity contribution is -0.0977. The molecule has 2 rings (SSSR count). The first kappa shape index (κ1) is 14.1. The van der Waals surface area contributed by atoms with Crippen molar-refractivity contribution in [3.05, 3.63) is 23.6 Å². The fourth-order valence-electron chi connectivity index (χ4n) is 2.32. The molecule has 106 valence electrons. The molecule has 0 bridgehead atoms. The van der Waals surface area contributed by atoms with Gasteiger partial charge in [-0.2, -0.15) is 9.37 Å². The second-order valence-electron chi connectivity index (χ2n) is 5.29. The van der Waals surface area contributed by atoms with E-state index in [2.05, 4.69) is 10.3 Å². The van der Waals surface area contributed by atoms with Gasteiger partial charge in [0.2, 0.25) is 0 Å². The summed E-state index contributed by atoms with van der Waals surface area (Å²) in [6.07, 6.45) is 0.754. The monoisotopic (exact) mass is 274 g/mol. The predicted molar refractivity (Wildman–Crippen MR) is 65.3 cm³/mol. The standard InChI is InChI=1S/C13H17F3N2O/c1-4-19-10-6-9(13(10,2)3)17-12-8(15)5-7(14)11(16)18-12/h5,9-10H,4,6H2,1-3H3,(H,17,18). The highest BCUT2D eigenvalue weighted by Crippen LogP contribution is 2.44. The molecular formula is C13H17F3N2O. The quantitative estimate of drug-likeness (QED) is 0.857. The zero-order valence-electron chi connectivity index (χ0n) is 11.1. The van der Waals surface area contributed by atoms with Crippen LogP contribution in [0.15, 0.2) is 6.07 Å². The number of hydrogen-bond donors (Lipinski definition) is 1. The van der Waals surface area contributed by atoms with E-state index >= 15 is 0 Å². The van der Waals surface area contributed by atoms with Gasteiger partial charge in [-0.3, -0.25) is 0 Å². The van der Waals surface area contributed by atoms with Gasteiger partial charge in [-0.15, -0.1) is 0 Å². The Labute approximate surface area is 110 Å². The third-order valence-electron chi connectivity index (χ3n) is 3.74. The van der Waals surface area contributed by atoms with Gasteiger partial charge in [0, 0.05) is 24.1 Å². The highest BCUT2D eigenvalue weighted by atomic mass is 19.2. The summed E-state index contributed by atoms with van der Waals surface area (Å²) in [7, 11) is 0. The lowest BCUT2D eigenvalue weighted by atomic mass is 9.64. The van der Waals surface area contributed by atoms with Crippen molar-refractivity contribution in [1.29, 1.82) is 0 Å². The maximum Gasteiger partial charge on any atom is 0.251 e. The second-order valence-corrected chi connectivity index (χ2v) is 5.29. The number of nitrogens with zero attached hydrogens (tertiary/aromatic N) is 1. The topological polar surface area (TPSA) is 34.1 Å². The van der Waals surface area contributed by atoms with Crippen LogP contribution in [0.2, 0.25) is 0 Å². The van der Waals surface area contributed by atoms with E-state index in [1.54, 1.807) is 0 Å². The molecule has 0 amide bonds. The molecule has 1 aliphatic rings. The van der Waals surface area contributed by atoms with Gasteiger partial charge >= 0.3 is 0 Å². The van der Waals surface area contributed by atoms with Gasteiger partial charge in [0.05, 0.1) is 6.10 Å². The first-order valence-corrected chi connectivity index (χ1v) is 6.26. The first-order valence-electron chi connectivity index (χ1n) is 6.26. The van der Waals surface area contributed by atoms with Gasteiger partial charge in [-0.25, -0.2) is 8.78 Å². The van der Waals surface area contributed by atoms with Crippen molar-refractivity contribution in [2.45, 2.75) is 39.3 Å². The summed E-state index contributed by atoms with van der Waals surface area (Å²) in [6, 6.07) is 0.409. The molecule has 2 atom stereocenters. The lowest BCUT2D eigenvalue weighted by Crippen LogP contribution is -2.58. The second kappa shape index (κ2) is 5.00. The molecule has 1 aliphatic carbocycles. The molecule has 0 aromatic carbocycles. The smallest absolute Gasteiger partial charge is 0.251 e. The van der Waals surface area contributed by atoms with Gasteiger partial charge in [0.15, 0.2) is 17.5 Å². The van der Waals surface area contributed by atoms with Crippen LogP contribution in [0.4, 0.5) is 19.0 Å². The van der Waals surface area contributed by atoms with Crippen molar-refractivity contribution < 1.29 is 17.9 Å². The first-order chi connectivity index (χ1) is 8.86. The molecule has 1 fully saturated rings. The fraction of sp³-hybridized carbons (Fsp3) is 0.615. The third-order valence-corrected chi connectivity index (χ3v) is 3.74. The summed E-state index contributed by atoms with van der Waals surface area (Å²) in [5.74, 6) is -3.74. The molecule has 3 nitrogen and oxygen atoms in total. The van der Waals surface area contributed by atoms with E-state index in [1.807, 2.05) is 20.8 Å². The molecule has 1 aromatic rings. The van der Waals surface area contributed by atoms with Crippen molar-refractivity contribution in [1.82, 2.24) is 4.98 Å². The highest BCUT2D eigenvalue weighted by Gasteiger charge is 2.49. The van der Waals surface area contributed by atoms with Crippen LogP contribution in [0, 0.1) is 23.0 Å². The zero-order valence-corrected chi connectivity index (χ0v) is 11.1. The maximum atomic E-state index is 13.5. The SMILES string of the molecule is CCOC1CC(Nc2nc(F)c(F)cc2F)C1(C)C. The summed E-state index contributed by atoms with van der Waals surface area (Å²) < 4.78 is 44.8. The molecule has 0 spiro atoms. The van der Waals surface area contributed by atoms with E-state index in [9.17, 15) is 13.2 Å². The molecule has 2 unspecified atom stereocenters. The number of aromatic nitrogens is 1. The van der Waals surface area contributed by atoms with Crippen LogP contribution in [0.1, 0.15) is 27.2 Å². The molecule has 1 aromatic heterocycles. The summed E-state index contributed by atoms with van der Waals surface area (Å²) in [6.45, 7) is 6.48. The van der Waals surface area contributed by atoms with Crippen LogP contribution in [0.25, 0.3) is 0 Å².